The van der Waals surface area contributed by atoms with Gasteiger partial charge in [-0.15, -0.1) is 0 Å². The second kappa shape index (κ2) is 6.17. The lowest BCUT2D eigenvalue weighted by Crippen LogP contribution is -2.33. The summed E-state index contributed by atoms with van der Waals surface area (Å²) in [6.45, 7) is 4.45. The Labute approximate surface area is 105 Å². The summed E-state index contributed by atoms with van der Waals surface area (Å²) in [7, 11) is 0. The van der Waals surface area contributed by atoms with E-state index in [-0.39, 0.29) is 5.60 Å². The van der Waals surface area contributed by atoms with Gasteiger partial charge in [0.15, 0.2) is 0 Å². The minimum absolute atomic E-state index is 0.267. The summed E-state index contributed by atoms with van der Waals surface area (Å²) in [6, 6.07) is 0. The summed E-state index contributed by atoms with van der Waals surface area (Å²) in [5.74, 6) is 0.557. The van der Waals surface area contributed by atoms with E-state index in [1.54, 1.807) is 0 Å². The molecule has 2 fully saturated rings. The fraction of sp³-hybridized carbons (Fsp3) is 1.00. The molecule has 2 rings (SSSR count). The lowest BCUT2D eigenvalue weighted by Gasteiger charge is -2.24. The molecule has 1 saturated carbocycles. The quantitative estimate of drug-likeness (QED) is 0.748. The van der Waals surface area contributed by atoms with Gasteiger partial charge in [0, 0.05) is 13.2 Å². The SMILES string of the molecule is CC(CCO)CNCC1CCC2(CCCC2)O1. The smallest absolute Gasteiger partial charge is 0.0708 e. The molecule has 1 heterocycles. The molecule has 2 N–H and O–H groups in total. The highest BCUT2D eigenvalue weighted by Crippen LogP contribution is 2.43. The van der Waals surface area contributed by atoms with Crippen LogP contribution in [0.15, 0.2) is 0 Å². The molecular weight excluding hydrogens is 214 g/mol. The Hall–Kier alpha value is -0.120. The summed E-state index contributed by atoms with van der Waals surface area (Å²) < 4.78 is 6.24. The fourth-order valence-corrected chi connectivity index (χ4v) is 3.24. The van der Waals surface area contributed by atoms with Crippen molar-refractivity contribution in [2.45, 2.75) is 63.6 Å². The van der Waals surface area contributed by atoms with E-state index in [1.165, 1.54) is 38.5 Å². The summed E-state index contributed by atoms with van der Waals surface area (Å²) in [6.07, 6.45) is 9.08. The zero-order valence-corrected chi connectivity index (χ0v) is 11.1. The van der Waals surface area contributed by atoms with Gasteiger partial charge in [-0.3, -0.25) is 0 Å². The first-order valence-corrected chi connectivity index (χ1v) is 7.23. The van der Waals surface area contributed by atoms with Crippen molar-refractivity contribution >= 4 is 0 Å². The Bertz CT molecular complexity index is 226. The standard InChI is InChI=1S/C14H27NO2/c1-12(5-9-16)10-15-11-13-4-8-14(17-13)6-2-3-7-14/h12-13,15-16H,2-11H2,1H3. The van der Waals surface area contributed by atoms with Gasteiger partial charge in [-0.25, -0.2) is 0 Å². The Kier molecular flexibility index (Phi) is 4.83. The highest BCUT2D eigenvalue weighted by molar-refractivity contribution is 4.93. The van der Waals surface area contributed by atoms with Crippen molar-refractivity contribution in [2.75, 3.05) is 19.7 Å². The van der Waals surface area contributed by atoms with E-state index in [1.807, 2.05) is 0 Å². The topological polar surface area (TPSA) is 41.5 Å². The van der Waals surface area contributed by atoms with Gasteiger partial charge in [-0.05, 0) is 44.6 Å². The number of nitrogens with one attached hydrogen (secondary N) is 1. The summed E-state index contributed by atoms with van der Waals surface area (Å²) in [5, 5.41) is 12.3. The van der Waals surface area contributed by atoms with Crippen molar-refractivity contribution in [3.05, 3.63) is 0 Å². The van der Waals surface area contributed by atoms with Crippen molar-refractivity contribution in [1.82, 2.24) is 5.32 Å². The molecule has 2 atom stereocenters. The van der Waals surface area contributed by atoms with E-state index in [0.29, 0.717) is 18.6 Å². The monoisotopic (exact) mass is 241 g/mol. The largest absolute Gasteiger partial charge is 0.396 e. The maximum absolute atomic E-state index is 8.83. The maximum atomic E-state index is 8.83. The molecule has 0 amide bonds. The molecule has 1 aliphatic heterocycles. The average molecular weight is 241 g/mol. The molecule has 0 aromatic rings. The molecule has 1 spiro atoms. The number of hydrogen-bond acceptors (Lipinski definition) is 3. The van der Waals surface area contributed by atoms with Gasteiger partial charge in [0.1, 0.15) is 0 Å². The molecular formula is C14H27NO2. The number of hydrogen-bond donors (Lipinski definition) is 2. The molecule has 0 radical (unpaired) electrons. The molecule has 1 aliphatic carbocycles. The first kappa shape index (κ1) is 13.3. The van der Waals surface area contributed by atoms with Crippen LogP contribution in [0.25, 0.3) is 0 Å². The van der Waals surface area contributed by atoms with Crippen LogP contribution >= 0.6 is 0 Å². The fourth-order valence-electron chi connectivity index (χ4n) is 3.24. The molecule has 100 valence electrons. The average Bonchev–Trinajstić information content (AvgIpc) is 2.91. The number of ether oxygens (including phenoxy) is 1. The minimum atomic E-state index is 0.267. The Morgan fingerprint density at radius 1 is 1.35 bits per heavy atom. The minimum Gasteiger partial charge on any atom is -0.396 e. The van der Waals surface area contributed by atoms with E-state index in [9.17, 15) is 0 Å². The van der Waals surface area contributed by atoms with Gasteiger partial charge in [-0.2, -0.15) is 0 Å². The Morgan fingerprint density at radius 2 is 2.12 bits per heavy atom. The van der Waals surface area contributed by atoms with Crippen LogP contribution in [-0.4, -0.2) is 36.5 Å². The van der Waals surface area contributed by atoms with Gasteiger partial charge in [-0.1, -0.05) is 19.8 Å². The van der Waals surface area contributed by atoms with Crippen molar-refractivity contribution in [2.24, 2.45) is 5.92 Å². The lowest BCUT2D eigenvalue weighted by atomic mass is 9.98. The van der Waals surface area contributed by atoms with Crippen LogP contribution in [0.4, 0.5) is 0 Å². The molecule has 0 aromatic carbocycles. The van der Waals surface area contributed by atoms with E-state index in [4.69, 9.17) is 9.84 Å². The van der Waals surface area contributed by atoms with Crippen molar-refractivity contribution in [1.29, 1.82) is 0 Å². The number of aliphatic hydroxyl groups is 1. The van der Waals surface area contributed by atoms with E-state index in [2.05, 4.69) is 12.2 Å². The zero-order chi connectivity index (χ0) is 12.1. The molecule has 0 bridgehead atoms. The Balaban J connectivity index is 1.61. The van der Waals surface area contributed by atoms with Crippen LogP contribution in [0, 0.1) is 5.92 Å². The third-order valence-electron chi connectivity index (χ3n) is 4.34. The van der Waals surface area contributed by atoms with E-state index < -0.39 is 0 Å². The first-order chi connectivity index (χ1) is 8.24. The molecule has 17 heavy (non-hydrogen) atoms. The summed E-state index contributed by atoms with van der Waals surface area (Å²) in [4.78, 5) is 0. The van der Waals surface area contributed by atoms with Crippen molar-refractivity contribution in [3.8, 4) is 0 Å². The van der Waals surface area contributed by atoms with Crippen LogP contribution in [0.5, 0.6) is 0 Å². The van der Waals surface area contributed by atoms with Crippen molar-refractivity contribution < 1.29 is 9.84 Å². The Morgan fingerprint density at radius 3 is 2.82 bits per heavy atom. The van der Waals surface area contributed by atoms with Crippen LogP contribution in [0.2, 0.25) is 0 Å². The maximum Gasteiger partial charge on any atom is 0.0708 e. The van der Waals surface area contributed by atoms with Gasteiger partial charge in [0.2, 0.25) is 0 Å². The molecule has 2 unspecified atom stereocenters. The number of rotatable bonds is 6. The van der Waals surface area contributed by atoms with Crippen LogP contribution in [-0.2, 0) is 4.74 Å². The summed E-state index contributed by atoms with van der Waals surface area (Å²) >= 11 is 0. The second-order valence-corrected chi connectivity index (χ2v) is 5.94. The van der Waals surface area contributed by atoms with E-state index >= 15 is 0 Å². The third kappa shape index (κ3) is 3.67. The molecule has 3 nitrogen and oxygen atoms in total. The molecule has 2 aliphatic rings. The van der Waals surface area contributed by atoms with Crippen LogP contribution in [0.3, 0.4) is 0 Å². The zero-order valence-electron chi connectivity index (χ0n) is 11.1. The predicted molar refractivity (Wildman–Crippen MR) is 69.0 cm³/mol. The first-order valence-electron chi connectivity index (χ1n) is 7.23. The number of aliphatic hydroxyl groups excluding tert-OH is 1. The van der Waals surface area contributed by atoms with Gasteiger partial charge >= 0.3 is 0 Å². The van der Waals surface area contributed by atoms with Crippen LogP contribution < -0.4 is 5.32 Å². The van der Waals surface area contributed by atoms with Gasteiger partial charge in [0.05, 0.1) is 11.7 Å². The highest BCUT2D eigenvalue weighted by atomic mass is 16.5. The van der Waals surface area contributed by atoms with Gasteiger partial charge in [0.25, 0.3) is 0 Å². The molecule has 1 saturated heterocycles. The van der Waals surface area contributed by atoms with E-state index in [0.717, 1.165) is 19.5 Å². The second-order valence-electron chi connectivity index (χ2n) is 5.94. The summed E-state index contributed by atoms with van der Waals surface area (Å²) in [5.41, 5.74) is 0.267. The third-order valence-corrected chi connectivity index (χ3v) is 4.34. The predicted octanol–water partition coefficient (Wildman–Crippen LogP) is 2.09. The van der Waals surface area contributed by atoms with Crippen molar-refractivity contribution in [3.63, 3.8) is 0 Å². The molecule has 3 heteroatoms. The highest BCUT2D eigenvalue weighted by Gasteiger charge is 2.41. The normalized spacial score (nSPS) is 28.9. The van der Waals surface area contributed by atoms with Crippen LogP contribution in [0.1, 0.15) is 51.9 Å². The molecule has 0 aromatic heterocycles. The lowest BCUT2D eigenvalue weighted by molar-refractivity contribution is -0.0352. The van der Waals surface area contributed by atoms with Gasteiger partial charge < -0.3 is 15.2 Å².